The van der Waals surface area contributed by atoms with E-state index in [1.165, 1.54) is 6.42 Å². The van der Waals surface area contributed by atoms with Gasteiger partial charge in [-0.15, -0.1) is 0 Å². The van der Waals surface area contributed by atoms with Crippen molar-refractivity contribution in [2.75, 3.05) is 13.1 Å². The van der Waals surface area contributed by atoms with Crippen LogP contribution in [0, 0.1) is 17.3 Å². The number of carbonyl (C=O) groups excluding carboxylic acids is 2. The molecule has 1 saturated heterocycles. The summed E-state index contributed by atoms with van der Waals surface area (Å²) in [5.41, 5.74) is 0.0306. The first kappa shape index (κ1) is 16.3. The fourth-order valence-electron chi connectivity index (χ4n) is 6.72. The molecule has 0 radical (unpaired) electrons. The highest BCUT2D eigenvalue weighted by atomic mass is 16.2. The van der Waals surface area contributed by atoms with Crippen LogP contribution in [0.5, 0.6) is 0 Å². The molecule has 5 aliphatic rings. The molecule has 4 bridgehead atoms. The standard InChI is InChI=1S/C21H27N3O2/c25-18(17-5-1-2-6-22-17)23-21-12-15-9-16(13-21)11-20(10-15,14-21)19(26)24-7-3-4-8-24/h1-2,5-6,15-16H,3-4,7-14H2,(H,23,25). The second-order valence-electron chi connectivity index (χ2n) is 9.19. The topological polar surface area (TPSA) is 62.3 Å². The zero-order valence-electron chi connectivity index (χ0n) is 15.2. The van der Waals surface area contributed by atoms with Crippen LogP contribution in [0.15, 0.2) is 24.4 Å². The third-order valence-electron chi connectivity index (χ3n) is 7.18. The maximum Gasteiger partial charge on any atom is 0.270 e. The molecule has 0 spiro atoms. The van der Waals surface area contributed by atoms with Gasteiger partial charge in [0.15, 0.2) is 0 Å². The molecule has 2 atom stereocenters. The van der Waals surface area contributed by atoms with Gasteiger partial charge in [0.2, 0.25) is 5.91 Å². The van der Waals surface area contributed by atoms with Crippen molar-refractivity contribution in [1.29, 1.82) is 0 Å². The van der Waals surface area contributed by atoms with Gasteiger partial charge in [-0.2, -0.15) is 0 Å². The molecule has 2 unspecified atom stereocenters. The molecule has 5 heteroatoms. The third-order valence-corrected chi connectivity index (χ3v) is 7.18. The van der Waals surface area contributed by atoms with Crippen molar-refractivity contribution in [3.8, 4) is 0 Å². The molecule has 0 aromatic carbocycles. The highest BCUT2D eigenvalue weighted by molar-refractivity contribution is 5.93. The fraction of sp³-hybridized carbons (Fsp3) is 0.667. The van der Waals surface area contributed by atoms with Gasteiger partial charge in [0, 0.05) is 24.8 Å². The summed E-state index contributed by atoms with van der Waals surface area (Å²) in [6.45, 7) is 1.84. The van der Waals surface area contributed by atoms with Gasteiger partial charge in [-0.25, -0.2) is 0 Å². The Bertz CT molecular complexity index is 712. The number of hydrogen-bond acceptors (Lipinski definition) is 3. The maximum atomic E-state index is 13.4. The molecular weight excluding hydrogens is 326 g/mol. The minimum atomic E-state index is -0.230. The zero-order chi connectivity index (χ0) is 17.8. The largest absolute Gasteiger partial charge is 0.345 e. The van der Waals surface area contributed by atoms with E-state index in [0.29, 0.717) is 23.4 Å². The Kier molecular flexibility index (Phi) is 3.63. The minimum Gasteiger partial charge on any atom is -0.345 e. The van der Waals surface area contributed by atoms with Crippen molar-refractivity contribution < 1.29 is 9.59 Å². The molecule has 1 N–H and O–H groups in total. The molecule has 1 aliphatic heterocycles. The summed E-state index contributed by atoms with van der Waals surface area (Å²) in [7, 11) is 0. The second-order valence-corrected chi connectivity index (χ2v) is 9.19. The first-order chi connectivity index (χ1) is 12.6. The van der Waals surface area contributed by atoms with Gasteiger partial charge in [0.25, 0.3) is 5.91 Å². The van der Waals surface area contributed by atoms with Crippen LogP contribution in [0.4, 0.5) is 0 Å². The van der Waals surface area contributed by atoms with Gasteiger partial charge < -0.3 is 10.2 Å². The maximum absolute atomic E-state index is 13.4. The predicted molar refractivity (Wildman–Crippen MR) is 97.4 cm³/mol. The van der Waals surface area contributed by atoms with E-state index in [1.54, 1.807) is 12.3 Å². The van der Waals surface area contributed by atoms with Crippen LogP contribution in [0.25, 0.3) is 0 Å². The summed E-state index contributed by atoms with van der Waals surface area (Å²) >= 11 is 0. The van der Waals surface area contributed by atoms with Gasteiger partial charge in [-0.05, 0) is 75.3 Å². The quantitative estimate of drug-likeness (QED) is 0.909. The lowest BCUT2D eigenvalue weighted by Gasteiger charge is -2.61. The molecule has 5 fully saturated rings. The van der Waals surface area contributed by atoms with Crippen LogP contribution in [0.3, 0.4) is 0 Å². The Hall–Kier alpha value is -1.91. The van der Waals surface area contributed by atoms with E-state index < -0.39 is 0 Å². The van der Waals surface area contributed by atoms with Crippen molar-refractivity contribution in [2.24, 2.45) is 17.3 Å². The third kappa shape index (κ3) is 2.55. The van der Waals surface area contributed by atoms with Crippen LogP contribution in [-0.2, 0) is 4.79 Å². The molecule has 2 heterocycles. The van der Waals surface area contributed by atoms with Gasteiger partial charge >= 0.3 is 0 Å². The van der Waals surface area contributed by atoms with E-state index in [9.17, 15) is 9.59 Å². The normalized spacial score (nSPS) is 37.8. The Labute approximate surface area is 154 Å². The smallest absolute Gasteiger partial charge is 0.270 e. The summed E-state index contributed by atoms with van der Waals surface area (Å²) in [4.78, 5) is 32.5. The van der Waals surface area contributed by atoms with Crippen molar-refractivity contribution in [2.45, 2.75) is 56.9 Å². The summed E-state index contributed by atoms with van der Waals surface area (Å²) in [5.74, 6) is 1.44. The lowest BCUT2D eigenvalue weighted by molar-refractivity contribution is -0.159. The van der Waals surface area contributed by atoms with E-state index in [2.05, 4.69) is 15.2 Å². The molecule has 5 nitrogen and oxygen atoms in total. The number of pyridine rings is 1. The molecule has 4 saturated carbocycles. The Morgan fingerprint density at radius 3 is 2.46 bits per heavy atom. The molecular formula is C21H27N3O2. The lowest BCUT2D eigenvalue weighted by Crippen LogP contribution is -2.66. The number of carbonyl (C=O) groups is 2. The van der Waals surface area contributed by atoms with Gasteiger partial charge in [0.1, 0.15) is 5.69 Å². The number of nitrogens with zero attached hydrogens (tertiary/aromatic N) is 2. The first-order valence-electron chi connectivity index (χ1n) is 10.1. The summed E-state index contributed by atoms with van der Waals surface area (Å²) in [6, 6.07) is 5.44. The average Bonchev–Trinajstić information content (AvgIpc) is 3.14. The Morgan fingerprint density at radius 2 is 1.81 bits per heavy atom. The van der Waals surface area contributed by atoms with Crippen molar-refractivity contribution in [1.82, 2.24) is 15.2 Å². The number of likely N-dealkylation sites (tertiary alicyclic amines) is 1. The molecule has 138 valence electrons. The summed E-state index contributed by atoms with van der Waals surface area (Å²) in [6.07, 6.45) is 10.1. The van der Waals surface area contributed by atoms with Gasteiger partial charge in [-0.3, -0.25) is 14.6 Å². The molecule has 4 aliphatic carbocycles. The van der Waals surface area contributed by atoms with Crippen molar-refractivity contribution in [3.63, 3.8) is 0 Å². The van der Waals surface area contributed by atoms with Crippen LogP contribution in [0.1, 0.15) is 61.9 Å². The monoisotopic (exact) mass is 353 g/mol. The highest BCUT2D eigenvalue weighted by Crippen LogP contribution is 2.62. The molecule has 26 heavy (non-hydrogen) atoms. The van der Waals surface area contributed by atoms with Crippen molar-refractivity contribution >= 4 is 11.8 Å². The van der Waals surface area contributed by atoms with Crippen LogP contribution in [0.2, 0.25) is 0 Å². The van der Waals surface area contributed by atoms with E-state index in [0.717, 1.165) is 58.0 Å². The van der Waals surface area contributed by atoms with Crippen LogP contribution in [-0.4, -0.2) is 40.3 Å². The molecule has 6 rings (SSSR count). The second kappa shape index (κ2) is 5.80. The SMILES string of the molecule is O=C(NC12CC3CC(C1)CC(C(=O)N1CCCC1)(C3)C2)c1ccccn1. The van der Waals surface area contributed by atoms with Gasteiger partial charge in [-0.1, -0.05) is 6.07 Å². The Balaban J connectivity index is 1.41. The number of amides is 2. The minimum absolute atomic E-state index is 0.0867. The van der Waals surface area contributed by atoms with E-state index in [-0.39, 0.29) is 16.9 Å². The summed E-state index contributed by atoms with van der Waals surface area (Å²) in [5, 5.41) is 3.34. The zero-order valence-corrected chi connectivity index (χ0v) is 15.2. The predicted octanol–water partition coefficient (Wildman–Crippen LogP) is 2.77. The first-order valence-corrected chi connectivity index (χ1v) is 10.1. The van der Waals surface area contributed by atoms with Crippen LogP contribution >= 0.6 is 0 Å². The van der Waals surface area contributed by atoms with Crippen molar-refractivity contribution in [3.05, 3.63) is 30.1 Å². The average molecular weight is 353 g/mol. The van der Waals surface area contributed by atoms with Gasteiger partial charge in [0.05, 0.1) is 5.41 Å². The van der Waals surface area contributed by atoms with E-state index in [4.69, 9.17) is 0 Å². The number of rotatable bonds is 3. The molecule has 1 aromatic heterocycles. The highest BCUT2D eigenvalue weighted by Gasteiger charge is 2.61. The van der Waals surface area contributed by atoms with Crippen LogP contribution < -0.4 is 5.32 Å². The number of hydrogen-bond donors (Lipinski definition) is 1. The summed E-state index contributed by atoms with van der Waals surface area (Å²) < 4.78 is 0. The molecule has 2 amide bonds. The van der Waals surface area contributed by atoms with E-state index >= 15 is 0 Å². The molecule has 1 aromatic rings. The number of aromatic nitrogens is 1. The number of nitrogens with one attached hydrogen (secondary N) is 1. The van der Waals surface area contributed by atoms with E-state index in [1.807, 2.05) is 12.1 Å². The lowest BCUT2D eigenvalue weighted by atomic mass is 9.46. The Morgan fingerprint density at radius 1 is 1.08 bits per heavy atom. The fourth-order valence-corrected chi connectivity index (χ4v) is 6.72.